The third kappa shape index (κ3) is 4.74. The smallest absolute Gasteiger partial charge is 0.434 e. The van der Waals surface area contributed by atoms with Crippen molar-refractivity contribution in [2.24, 2.45) is 0 Å². The molecule has 0 radical (unpaired) electrons. The van der Waals surface area contributed by atoms with Gasteiger partial charge in [0.1, 0.15) is 18.3 Å². The van der Waals surface area contributed by atoms with E-state index in [4.69, 9.17) is 29.4 Å². The van der Waals surface area contributed by atoms with Crippen molar-refractivity contribution >= 4 is 6.16 Å². The second kappa shape index (κ2) is 7.84. The molecule has 122 valence electrons. The van der Waals surface area contributed by atoms with E-state index in [9.17, 15) is 9.90 Å². The Balaban J connectivity index is 1.56. The first-order chi connectivity index (χ1) is 10.1. The Morgan fingerprint density at radius 3 is 2.62 bits per heavy atom. The Hall–Kier alpha value is -1.01. The van der Waals surface area contributed by atoms with Crippen LogP contribution in [0.15, 0.2) is 0 Å². The van der Waals surface area contributed by atoms with Crippen LogP contribution < -0.4 is 0 Å². The SMILES string of the molecule is O=C(OCCCCON(O)O)O[C@@H]1CO[C@H]2[C@@H]1OC[C@H]2O. The molecule has 2 aliphatic rings. The highest BCUT2D eigenvalue weighted by molar-refractivity contribution is 5.60. The van der Waals surface area contributed by atoms with E-state index in [1.54, 1.807) is 0 Å². The van der Waals surface area contributed by atoms with Gasteiger partial charge in [-0.3, -0.25) is 15.3 Å². The van der Waals surface area contributed by atoms with Gasteiger partial charge in [-0.2, -0.15) is 0 Å². The number of nitrogens with zero attached hydrogens (tertiary/aromatic N) is 1. The van der Waals surface area contributed by atoms with Crippen molar-refractivity contribution in [3.05, 3.63) is 0 Å². The van der Waals surface area contributed by atoms with Crippen molar-refractivity contribution in [2.75, 3.05) is 26.4 Å². The van der Waals surface area contributed by atoms with E-state index in [1.165, 1.54) is 0 Å². The quantitative estimate of drug-likeness (QED) is 0.320. The van der Waals surface area contributed by atoms with Crippen LogP contribution in [0, 0.1) is 0 Å². The molecular formula is C11H19NO9. The number of carbonyl (C=O) groups is 1. The standard InChI is InChI=1S/C11H19NO9/c13-7-5-18-10-8(6-19-9(7)10)21-11(14)17-3-1-2-4-20-12(15)16/h7-10,13,15-16H,1-6H2/t7-,8-,9-,10-/m1/s1. The van der Waals surface area contributed by atoms with Crippen molar-refractivity contribution in [1.29, 1.82) is 0 Å². The summed E-state index contributed by atoms with van der Waals surface area (Å²) in [4.78, 5) is 15.8. The second-order valence-electron chi connectivity index (χ2n) is 4.71. The molecule has 0 aliphatic carbocycles. The van der Waals surface area contributed by atoms with Crippen LogP contribution in [0.4, 0.5) is 4.79 Å². The Morgan fingerprint density at radius 2 is 1.86 bits per heavy atom. The van der Waals surface area contributed by atoms with Gasteiger partial charge in [-0.05, 0) is 12.8 Å². The molecule has 0 unspecified atom stereocenters. The molecule has 3 N–H and O–H groups in total. The van der Waals surface area contributed by atoms with Gasteiger partial charge in [-0.15, -0.1) is 0 Å². The van der Waals surface area contributed by atoms with Gasteiger partial charge < -0.3 is 24.1 Å². The summed E-state index contributed by atoms with van der Waals surface area (Å²) in [5.41, 5.74) is 0. The van der Waals surface area contributed by atoms with Crippen LogP contribution in [0.25, 0.3) is 0 Å². The van der Waals surface area contributed by atoms with Crippen LogP contribution in [0.1, 0.15) is 12.8 Å². The molecule has 0 saturated carbocycles. The van der Waals surface area contributed by atoms with Gasteiger partial charge in [0, 0.05) is 0 Å². The average molecular weight is 309 g/mol. The highest BCUT2D eigenvalue weighted by atomic mass is 17.1. The summed E-state index contributed by atoms with van der Waals surface area (Å²) in [5, 5.41) is 25.7. The molecule has 0 bridgehead atoms. The van der Waals surface area contributed by atoms with Crippen LogP contribution in [0.5, 0.6) is 0 Å². The van der Waals surface area contributed by atoms with Crippen LogP contribution in [-0.4, -0.2) is 77.9 Å². The van der Waals surface area contributed by atoms with Gasteiger partial charge in [-0.1, -0.05) is 0 Å². The summed E-state index contributed by atoms with van der Waals surface area (Å²) >= 11 is 0. The van der Waals surface area contributed by atoms with Gasteiger partial charge >= 0.3 is 6.16 Å². The minimum absolute atomic E-state index is 0.0807. The predicted molar refractivity (Wildman–Crippen MR) is 62.3 cm³/mol. The molecule has 0 aromatic carbocycles. The fraction of sp³-hybridized carbons (Fsp3) is 0.909. The van der Waals surface area contributed by atoms with E-state index < -0.39 is 30.6 Å². The van der Waals surface area contributed by atoms with Gasteiger partial charge in [-0.25, -0.2) is 4.79 Å². The lowest BCUT2D eigenvalue weighted by Gasteiger charge is -2.16. The first-order valence-corrected chi connectivity index (χ1v) is 6.63. The molecule has 10 heteroatoms. The highest BCUT2D eigenvalue weighted by Gasteiger charge is 2.49. The summed E-state index contributed by atoms with van der Waals surface area (Å²) in [6.07, 6.45) is -2.08. The van der Waals surface area contributed by atoms with Gasteiger partial charge in [0.05, 0.1) is 31.8 Å². The monoisotopic (exact) mass is 309 g/mol. The maximum absolute atomic E-state index is 11.5. The number of carbonyl (C=O) groups excluding carboxylic acids is 1. The van der Waals surface area contributed by atoms with Crippen LogP contribution in [0.2, 0.25) is 0 Å². The molecule has 0 amide bonds. The minimum atomic E-state index is -0.832. The van der Waals surface area contributed by atoms with Crippen LogP contribution >= 0.6 is 0 Å². The average Bonchev–Trinajstić information content (AvgIpc) is 2.98. The molecule has 4 atom stereocenters. The number of aliphatic hydroxyl groups is 1. The zero-order valence-electron chi connectivity index (χ0n) is 11.3. The molecule has 2 heterocycles. The maximum Gasteiger partial charge on any atom is 0.508 e. The van der Waals surface area contributed by atoms with E-state index >= 15 is 0 Å². The van der Waals surface area contributed by atoms with Crippen molar-refractivity contribution in [3.63, 3.8) is 0 Å². The van der Waals surface area contributed by atoms with Crippen molar-refractivity contribution < 1.29 is 44.1 Å². The van der Waals surface area contributed by atoms with Gasteiger partial charge in [0.15, 0.2) is 6.10 Å². The first-order valence-electron chi connectivity index (χ1n) is 6.63. The molecule has 2 saturated heterocycles. The molecule has 0 aromatic rings. The normalized spacial score (nSPS) is 31.4. The number of aliphatic hydroxyl groups excluding tert-OH is 1. The molecule has 0 aromatic heterocycles. The lowest BCUT2D eigenvalue weighted by Crippen LogP contribution is -2.34. The van der Waals surface area contributed by atoms with Crippen molar-refractivity contribution in [2.45, 2.75) is 37.3 Å². The number of ether oxygens (including phenoxy) is 4. The lowest BCUT2D eigenvalue weighted by molar-refractivity contribution is -0.492. The van der Waals surface area contributed by atoms with Gasteiger partial charge in [0.2, 0.25) is 0 Å². The predicted octanol–water partition coefficient (Wildman–Crippen LogP) is -0.541. The third-order valence-electron chi connectivity index (χ3n) is 3.19. The molecular weight excluding hydrogens is 290 g/mol. The Bertz CT molecular complexity index is 340. The molecule has 21 heavy (non-hydrogen) atoms. The van der Waals surface area contributed by atoms with E-state index in [1.807, 2.05) is 0 Å². The summed E-state index contributed by atoms with van der Waals surface area (Å²) in [7, 11) is 0. The van der Waals surface area contributed by atoms with E-state index in [0.29, 0.717) is 12.8 Å². The van der Waals surface area contributed by atoms with Crippen LogP contribution in [0.3, 0.4) is 0 Å². The lowest BCUT2D eigenvalue weighted by atomic mass is 10.1. The summed E-state index contributed by atoms with van der Waals surface area (Å²) in [6.45, 7) is 0.525. The van der Waals surface area contributed by atoms with Crippen molar-refractivity contribution in [3.8, 4) is 0 Å². The summed E-state index contributed by atoms with van der Waals surface area (Å²) < 4.78 is 20.5. The Morgan fingerprint density at radius 1 is 1.14 bits per heavy atom. The zero-order chi connectivity index (χ0) is 15.2. The number of hydrogen-bond donors (Lipinski definition) is 3. The summed E-state index contributed by atoms with van der Waals surface area (Å²) in [5.74, 6) is 0. The second-order valence-corrected chi connectivity index (χ2v) is 4.71. The third-order valence-corrected chi connectivity index (χ3v) is 3.19. The fourth-order valence-electron chi connectivity index (χ4n) is 2.21. The van der Waals surface area contributed by atoms with Gasteiger partial charge in [0.25, 0.3) is 0 Å². The minimum Gasteiger partial charge on any atom is -0.434 e. The number of rotatable bonds is 7. The molecule has 0 spiro atoms. The number of hydrogen-bond acceptors (Lipinski definition) is 10. The van der Waals surface area contributed by atoms with Crippen molar-refractivity contribution in [1.82, 2.24) is 5.39 Å². The molecule has 2 aliphatic heterocycles. The van der Waals surface area contributed by atoms with E-state index in [-0.39, 0.29) is 31.8 Å². The fourth-order valence-corrected chi connectivity index (χ4v) is 2.21. The molecule has 2 fully saturated rings. The largest absolute Gasteiger partial charge is 0.508 e. The molecule has 2 rings (SSSR count). The van der Waals surface area contributed by atoms with E-state index in [0.717, 1.165) is 0 Å². The highest BCUT2D eigenvalue weighted by Crippen LogP contribution is 2.28. The number of unbranched alkanes of at least 4 members (excludes halogenated alkanes) is 1. The van der Waals surface area contributed by atoms with Crippen LogP contribution in [-0.2, 0) is 23.8 Å². The topological polar surface area (TPSA) is 127 Å². The first kappa shape index (κ1) is 16.4. The zero-order valence-corrected chi connectivity index (χ0v) is 11.3. The van der Waals surface area contributed by atoms with E-state index in [2.05, 4.69) is 4.84 Å². The number of fused-ring (bicyclic) bond motifs is 1. The molecule has 10 nitrogen and oxygen atoms in total. The maximum atomic E-state index is 11.5. The Labute approximate surface area is 120 Å². The Kier molecular flexibility index (Phi) is 6.11. The summed E-state index contributed by atoms with van der Waals surface area (Å²) in [6, 6.07) is 0.